The number of urea groups is 1. The molecule has 1 fully saturated rings. The summed E-state index contributed by atoms with van der Waals surface area (Å²) >= 11 is 6.04. The predicted molar refractivity (Wildman–Crippen MR) is 109 cm³/mol. The maximum absolute atomic E-state index is 13.4. The molecular weight excluding hydrogens is 436 g/mol. The summed E-state index contributed by atoms with van der Waals surface area (Å²) in [7, 11) is 0. The van der Waals surface area contributed by atoms with Gasteiger partial charge in [0.25, 0.3) is 0 Å². The first-order valence-corrected chi connectivity index (χ1v) is 9.67. The van der Waals surface area contributed by atoms with Crippen LogP contribution in [0.25, 0.3) is 10.9 Å². The van der Waals surface area contributed by atoms with Gasteiger partial charge < -0.3 is 16.0 Å². The molecule has 2 heterocycles. The molecule has 0 saturated carbocycles. The van der Waals surface area contributed by atoms with Gasteiger partial charge in [0.15, 0.2) is 0 Å². The lowest BCUT2D eigenvalue weighted by molar-refractivity contribution is -0.140. The van der Waals surface area contributed by atoms with Gasteiger partial charge in [-0.05, 0) is 42.0 Å². The number of benzene rings is 2. The summed E-state index contributed by atoms with van der Waals surface area (Å²) in [6.45, 7) is 0.680. The van der Waals surface area contributed by atoms with Crippen LogP contribution in [0.1, 0.15) is 11.3 Å². The van der Waals surface area contributed by atoms with Gasteiger partial charge in [-0.25, -0.2) is 14.2 Å². The number of fused-ring (bicyclic) bond motifs is 1. The van der Waals surface area contributed by atoms with Crippen LogP contribution in [-0.4, -0.2) is 35.5 Å². The van der Waals surface area contributed by atoms with Crippen LogP contribution in [0.2, 0.25) is 5.02 Å². The van der Waals surface area contributed by atoms with Crippen LogP contribution in [-0.2, 0) is 11.6 Å². The van der Waals surface area contributed by atoms with Crippen molar-refractivity contribution in [3.05, 3.63) is 70.6 Å². The van der Waals surface area contributed by atoms with E-state index in [1.807, 2.05) is 0 Å². The van der Waals surface area contributed by atoms with Crippen molar-refractivity contribution >= 4 is 34.2 Å². The van der Waals surface area contributed by atoms with Crippen molar-refractivity contribution in [2.75, 3.05) is 25.0 Å². The van der Waals surface area contributed by atoms with E-state index in [0.29, 0.717) is 10.4 Å². The molecule has 31 heavy (non-hydrogen) atoms. The Balaban J connectivity index is 1.71. The van der Waals surface area contributed by atoms with Gasteiger partial charge in [-0.3, -0.25) is 0 Å². The molecule has 1 saturated heterocycles. The summed E-state index contributed by atoms with van der Waals surface area (Å²) in [4.78, 5) is 16.6. The van der Waals surface area contributed by atoms with Crippen LogP contribution in [0, 0.1) is 5.82 Å². The van der Waals surface area contributed by atoms with Crippen molar-refractivity contribution in [3.63, 3.8) is 0 Å². The highest BCUT2D eigenvalue weighted by Gasteiger charge is 2.46. The van der Waals surface area contributed by atoms with Crippen LogP contribution in [0.4, 0.5) is 28.0 Å². The van der Waals surface area contributed by atoms with Gasteiger partial charge in [0.05, 0.1) is 5.52 Å². The summed E-state index contributed by atoms with van der Waals surface area (Å²) < 4.78 is 53.5. The molecule has 0 atom stereocenters. The summed E-state index contributed by atoms with van der Waals surface area (Å²) in [5, 5.41) is 3.86. The number of hydrogen-bond acceptors (Lipinski definition) is 3. The predicted octanol–water partition coefficient (Wildman–Crippen LogP) is 4.79. The minimum absolute atomic E-state index is 0.143. The molecule has 4 rings (SSSR count). The number of pyridine rings is 1. The number of nitrogens with two attached hydrogens (primary N) is 1. The van der Waals surface area contributed by atoms with Crippen LogP contribution >= 0.6 is 11.6 Å². The largest absolute Gasteiger partial charge is 0.433 e. The molecule has 1 aromatic heterocycles. The molecule has 162 valence electrons. The number of rotatable bonds is 4. The van der Waals surface area contributed by atoms with E-state index in [-0.39, 0.29) is 30.8 Å². The quantitative estimate of drug-likeness (QED) is 0.559. The fraction of sp³-hybridized carbons (Fsp3) is 0.238. The average molecular weight is 453 g/mol. The second kappa shape index (κ2) is 7.56. The Morgan fingerprint density at radius 3 is 2.45 bits per heavy atom. The normalized spacial score (nSPS) is 15.6. The first-order chi connectivity index (χ1) is 14.6. The third-order valence-corrected chi connectivity index (χ3v) is 5.67. The van der Waals surface area contributed by atoms with Gasteiger partial charge in [0, 0.05) is 41.1 Å². The topological polar surface area (TPSA) is 71.2 Å². The Morgan fingerprint density at radius 2 is 1.84 bits per heavy atom. The van der Waals surface area contributed by atoms with Gasteiger partial charge in [-0.2, -0.15) is 13.2 Å². The van der Waals surface area contributed by atoms with Gasteiger partial charge in [-0.15, -0.1) is 0 Å². The Labute approximate surface area is 179 Å². The first kappa shape index (κ1) is 21.2. The lowest BCUT2D eigenvalue weighted by Crippen LogP contribution is -2.65. The van der Waals surface area contributed by atoms with E-state index in [4.69, 9.17) is 17.3 Å². The van der Waals surface area contributed by atoms with Crippen molar-refractivity contribution in [1.82, 2.24) is 9.88 Å². The van der Waals surface area contributed by atoms with Crippen molar-refractivity contribution < 1.29 is 22.4 Å². The van der Waals surface area contributed by atoms with E-state index in [9.17, 15) is 22.4 Å². The number of carbonyl (C=O) groups is 1. The molecule has 2 aromatic carbocycles. The number of primary amides is 1. The Morgan fingerprint density at radius 1 is 1.16 bits per heavy atom. The Hall–Kier alpha value is -3.07. The third kappa shape index (κ3) is 4.10. The highest BCUT2D eigenvalue weighted by Crippen LogP contribution is 2.38. The zero-order valence-electron chi connectivity index (χ0n) is 16.0. The van der Waals surface area contributed by atoms with Crippen molar-refractivity contribution in [3.8, 4) is 0 Å². The summed E-state index contributed by atoms with van der Waals surface area (Å²) in [6.07, 6.45) is -4.63. The zero-order chi connectivity index (χ0) is 22.4. The summed E-state index contributed by atoms with van der Waals surface area (Å²) in [5.74, 6) is -0.414. The SMILES string of the molecule is NC(=O)N1CC(CNc2cc(C(F)(F)F)nc3ccc(Cl)cc23)(c2ccc(F)cc2)C1. The molecule has 10 heteroatoms. The summed E-state index contributed by atoms with van der Waals surface area (Å²) in [5.41, 5.74) is 4.76. The number of alkyl halides is 3. The van der Waals surface area contributed by atoms with E-state index >= 15 is 0 Å². The Kier molecular flexibility index (Phi) is 5.17. The highest BCUT2D eigenvalue weighted by molar-refractivity contribution is 6.31. The smallest absolute Gasteiger partial charge is 0.383 e. The molecule has 0 radical (unpaired) electrons. The number of likely N-dealkylation sites (tertiary alicyclic amines) is 1. The lowest BCUT2D eigenvalue weighted by atomic mass is 9.73. The van der Waals surface area contributed by atoms with E-state index < -0.39 is 29.1 Å². The summed E-state index contributed by atoms with van der Waals surface area (Å²) in [6, 6.07) is 10.5. The molecular formula is C21H17ClF4N4O. The third-order valence-electron chi connectivity index (χ3n) is 5.43. The van der Waals surface area contributed by atoms with Gasteiger partial charge in [0.1, 0.15) is 11.5 Å². The fourth-order valence-corrected chi connectivity index (χ4v) is 3.97. The van der Waals surface area contributed by atoms with Crippen molar-refractivity contribution in [2.24, 2.45) is 5.73 Å². The van der Waals surface area contributed by atoms with E-state index in [1.54, 1.807) is 12.1 Å². The molecule has 2 amide bonds. The van der Waals surface area contributed by atoms with Gasteiger partial charge in [0.2, 0.25) is 0 Å². The maximum atomic E-state index is 13.4. The number of anilines is 1. The average Bonchev–Trinajstić information content (AvgIpc) is 2.67. The van der Waals surface area contributed by atoms with Crippen molar-refractivity contribution in [1.29, 1.82) is 0 Å². The number of amides is 2. The molecule has 0 spiro atoms. The van der Waals surface area contributed by atoms with E-state index in [2.05, 4.69) is 10.3 Å². The van der Waals surface area contributed by atoms with Gasteiger partial charge >= 0.3 is 12.2 Å². The molecule has 0 aliphatic carbocycles. The number of halogens is 5. The molecule has 1 aliphatic rings. The number of hydrogen-bond donors (Lipinski definition) is 2. The van der Waals surface area contributed by atoms with E-state index in [1.165, 1.54) is 35.2 Å². The van der Waals surface area contributed by atoms with Crippen LogP contribution < -0.4 is 11.1 Å². The number of nitrogens with one attached hydrogen (secondary N) is 1. The second-order valence-corrected chi connectivity index (χ2v) is 7.99. The van der Waals surface area contributed by atoms with Crippen LogP contribution in [0.5, 0.6) is 0 Å². The number of carbonyl (C=O) groups excluding carboxylic acids is 1. The first-order valence-electron chi connectivity index (χ1n) is 9.29. The molecule has 3 N–H and O–H groups in total. The monoisotopic (exact) mass is 452 g/mol. The maximum Gasteiger partial charge on any atom is 0.433 e. The zero-order valence-corrected chi connectivity index (χ0v) is 16.8. The second-order valence-electron chi connectivity index (χ2n) is 7.55. The molecule has 0 bridgehead atoms. The van der Waals surface area contributed by atoms with Crippen LogP contribution in [0.3, 0.4) is 0 Å². The highest BCUT2D eigenvalue weighted by atomic mass is 35.5. The minimum atomic E-state index is -4.63. The number of nitrogens with zero attached hydrogens (tertiary/aromatic N) is 2. The molecule has 3 aromatic rings. The Bertz CT molecular complexity index is 1140. The van der Waals surface area contributed by atoms with Crippen molar-refractivity contribution in [2.45, 2.75) is 11.6 Å². The molecule has 5 nitrogen and oxygen atoms in total. The van der Waals surface area contributed by atoms with E-state index in [0.717, 1.165) is 11.6 Å². The van der Waals surface area contributed by atoms with Gasteiger partial charge in [-0.1, -0.05) is 23.7 Å². The fourth-order valence-electron chi connectivity index (χ4n) is 3.79. The number of aromatic nitrogens is 1. The minimum Gasteiger partial charge on any atom is -0.383 e. The standard InChI is InChI=1S/C21H17ClF4N4O/c22-13-3-6-16-15(7-13)17(8-18(29-16)21(24,25)26)28-9-20(10-30(11-20)19(27)31)12-1-4-14(23)5-2-12/h1-8H,9-11H2,(H2,27,31)(H,28,29). The lowest BCUT2D eigenvalue weighted by Gasteiger charge is -2.50. The molecule has 1 aliphatic heterocycles. The molecule has 0 unspecified atom stereocenters. The van der Waals surface area contributed by atoms with Crippen LogP contribution in [0.15, 0.2) is 48.5 Å².